The SMILES string of the molecule is O=C(CCC1CCCN(C=Cc2ccccc2)C1=O)NO. The lowest BCUT2D eigenvalue weighted by Gasteiger charge is -2.29. The van der Waals surface area contributed by atoms with Gasteiger partial charge in [-0.15, -0.1) is 0 Å². The fraction of sp³-hybridized carbons (Fsp3) is 0.375. The van der Waals surface area contributed by atoms with Gasteiger partial charge in [-0.1, -0.05) is 30.3 Å². The molecule has 1 aromatic rings. The Morgan fingerprint density at radius 2 is 2.14 bits per heavy atom. The molecule has 0 saturated carbocycles. The number of hydroxylamine groups is 1. The van der Waals surface area contributed by atoms with E-state index in [1.807, 2.05) is 42.6 Å². The quantitative estimate of drug-likeness (QED) is 0.644. The molecule has 112 valence electrons. The summed E-state index contributed by atoms with van der Waals surface area (Å²) in [6.07, 6.45) is 6.10. The van der Waals surface area contributed by atoms with E-state index in [1.54, 1.807) is 10.4 Å². The lowest BCUT2D eigenvalue weighted by molar-refractivity contribution is -0.136. The highest BCUT2D eigenvalue weighted by Gasteiger charge is 2.27. The van der Waals surface area contributed by atoms with Crippen molar-refractivity contribution < 1.29 is 14.8 Å². The van der Waals surface area contributed by atoms with E-state index in [0.717, 1.165) is 18.4 Å². The summed E-state index contributed by atoms with van der Waals surface area (Å²) in [5.41, 5.74) is 2.65. The summed E-state index contributed by atoms with van der Waals surface area (Å²) in [4.78, 5) is 25.1. The molecule has 5 nitrogen and oxygen atoms in total. The summed E-state index contributed by atoms with van der Waals surface area (Å²) < 4.78 is 0. The van der Waals surface area contributed by atoms with Crippen LogP contribution in [0, 0.1) is 5.92 Å². The summed E-state index contributed by atoms with van der Waals surface area (Å²) in [6, 6.07) is 9.82. The van der Waals surface area contributed by atoms with Gasteiger partial charge in [-0.3, -0.25) is 14.8 Å². The van der Waals surface area contributed by atoms with Crippen LogP contribution in [0.2, 0.25) is 0 Å². The van der Waals surface area contributed by atoms with Gasteiger partial charge in [0.25, 0.3) is 0 Å². The predicted octanol–water partition coefficient (Wildman–Crippen LogP) is 2.18. The minimum atomic E-state index is -0.445. The molecule has 0 radical (unpaired) electrons. The van der Waals surface area contributed by atoms with Gasteiger partial charge in [0.2, 0.25) is 11.8 Å². The maximum absolute atomic E-state index is 12.3. The second kappa shape index (κ2) is 7.59. The van der Waals surface area contributed by atoms with E-state index in [9.17, 15) is 9.59 Å². The average molecular weight is 288 g/mol. The van der Waals surface area contributed by atoms with Crippen molar-refractivity contribution in [2.45, 2.75) is 25.7 Å². The van der Waals surface area contributed by atoms with Crippen LogP contribution in [0.5, 0.6) is 0 Å². The molecule has 0 bridgehead atoms. The Hall–Kier alpha value is -2.14. The smallest absolute Gasteiger partial charge is 0.243 e. The third-order valence-electron chi connectivity index (χ3n) is 3.67. The van der Waals surface area contributed by atoms with E-state index in [-0.39, 0.29) is 18.2 Å². The van der Waals surface area contributed by atoms with E-state index in [1.165, 1.54) is 0 Å². The van der Waals surface area contributed by atoms with Crippen molar-refractivity contribution in [3.05, 3.63) is 42.1 Å². The van der Waals surface area contributed by atoms with Gasteiger partial charge in [0.05, 0.1) is 0 Å². The van der Waals surface area contributed by atoms with Crippen LogP contribution in [0.3, 0.4) is 0 Å². The van der Waals surface area contributed by atoms with Crippen molar-refractivity contribution in [1.82, 2.24) is 10.4 Å². The molecule has 0 aromatic heterocycles. The van der Waals surface area contributed by atoms with Crippen molar-refractivity contribution in [2.75, 3.05) is 6.54 Å². The largest absolute Gasteiger partial charge is 0.319 e. The zero-order valence-electron chi connectivity index (χ0n) is 11.9. The Bertz CT molecular complexity index is 514. The minimum absolute atomic E-state index is 0.0548. The Morgan fingerprint density at radius 3 is 2.86 bits per heavy atom. The molecule has 1 fully saturated rings. The monoisotopic (exact) mass is 288 g/mol. The van der Waals surface area contributed by atoms with Crippen LogP contribution in [-0.4, -0.2) is 28.5 Å². The predicted molar refractivity (Wildman–Crippen MR) is 79.1 cm³/mol. The summed E-state index contributed by atoms with van der Waals surface area (Å²) in [5, 5.41) is 8.49. The van der Waals surface area contributed by atoms with E-state index in [0.29, 0.717) is 13.0 Å². The van der Waals surface area contributed by atoms with Crippen LogP contribution in [0.15, 0.2) is 36.5 Å². The lowest BCUT2D eigenvalue weighted by Crippen LogP contribution is -2.38. The molecule has 1 unspecified atom stereocenters. The Kier molecular flexibility index (Phi) is 5.51. The van der Waals surface area contributed by atoms with Gasteiger partial charge in [-0.25, -0.2) is 5.48 Å². The Balaban J connectivity index is 1.93. The fourth-order valence-electron chi connectivity index (χ4n) is 2.49. The number of nitrogens with one attached hydrogen (secondary N) is 1. The standard InChI is InChI=1S/C16H20N2O3/c19-15(17-21)9-8-14-7-4-11-18(16(14)20)12-10-13-5-2-1-3-6-13/h1-3,5-6,10,12,14,21H,4,7-9,11H2,(H,17,19). The molecule has 1 saturated heterocycles. The van der Waals surface area contributed by atoms with Crippen LogP contribution in [0.4, 0.5) is 0 Å². The Morgan fingerprint density at radius 1 is 1.38 bits per heavy atom. The van der Waals surface area contributed by atoms with Gasteiger partial charge in [0.1, 0.15) is 0 Å². The van der Waals surface area contributed by atoms with Crippen molar-refractivity contribution in [2.24, 2.45) is 5.92 Å². The van der Waals surface area contributed by atoms with Gasteiger partial charge < -0.3 is 4.90 Å². The van der Waals surface area contributed by atoms with E-state index >= 15 is 0 Å². The normalized spacial score (nSPS) is 19.0. The van der Waals surface area contributed by atoms with Crippen LogP contribution in [-0.2, 0) is 9.59 Å². The van der Waals surface area contributed by atoms with Crippen molar-refractivity contribution in [3.63, 3.8) is 0 Å². The number of amides is 2. The van der Waals surface area contributed by atoms with Crippen LogP contribution >= 0.6 is 0 Å². The van der Waals surface area contributed by atoms with Gasteiger partial charge in [-0.05, 0) is 30.9 Å². The number of nitrogens with zero attached hydrogens (tertiary/aromatic N) is 1. The second-order valence-corrected chi connectivity index (χ2v) is 5.17. The molecule has 1 atom stereocenters. The number of rotatable bonds is 5. The van der Waals surface area contributed by atoms with E-state index in [2.05, 4.69) is 0 Å². The second-order valence-electron chi connectivity index (χ2n) is 5.17. The van der Waals surface area contributed by atoms with Gasteiger partial charge in [0, 0.05) is 25.1 Å². The molecular weight excluding hydrogens is 268 g/mol. The minimum Gasteiger partial charge on any atom is -0.319 e. The third kappa shape index (κ3) is 4.43. The molecule has 2 amide bonds. The Labute approximate surface area is 124 Å². The molecule has 1 aromatic carbocycles. The molecule has 21 heavy (non-hydrogen) atoms. The van der Waals surface area contributed by atoms with Crippen LogP contribution in [0.1, 0.15) is 31.2 Å². The van der Waals surface area contributed by atoms with E-state index < -0.39 is 5.91 Å². The highest BCUT2D eigenvalue weighted by atomic mass is 16.5. The maximum atomic E-state index is 12.3. The first-order valence-corrected chi connectivity index (χ1v) is 7.17. The number of carbonyl (C=O) groups is 2. The molecule has 2 rings (SSSR count). The van der Waals surface area contributed by atoms with Crippen LogP contribution < -0.4 is 5.48 Å². The van der Waals surface area contributed by atoms with Crippen molar-refractivity contribution >= 4 is 17.9 Å². The van der Waals surface area contributed by atoms with Gasteiger partial charge >= 0.3 is 0 Å². The highest BCUT2D eigenvalue weighted by molar-refractivity contribution is 5.82. The number of hydrogen-bond donors (Lipinski definition) is 2. The summed E-state index contributed by atoms with van der Waals surface area (Å²) in [7, 11) is 0. The molecule has 5 heteroatoms. The number of carbonyl (C=O) groups excluding carboxylic acids is 2. The number of likely N-dealkylation sites (tertiary alicyclic amines) is 1. The molecule has 2 N–H and O–H groups in total. The first-order chi connectivity index (χ1) is 10.2. The number of benzene rings is 1. The first-order valence-electron chi connectivity index (χ1n) is 7.17. The summed E-state index contributed by atoms with van der Waals surface area (Å²) in [5.74, 6) is -0.532. The number of piperidine rings is 1. The maximum Gasteiger partial charge on any atom is 0.243 e. The number of hydrogen-bond acceptors (Lipinski definition) is 3. The fourth-order valence-corrected chi connectivity index (χ4v) is 2.49. The summed E-state index contributed by atoms with van der Waals surface area (Å²) >= 11 is 0. The van der Waals surface area contributed by atoms with Crippen molar-refractivity contribution in [3.8, 4) is 0 Å². The van der Waals surface area contributed by atoms with Gasteiger partial charge in [0.15, 0.2) is 0 Å². The highest BCUT2D eigenvalue weighted by Crippen LogP contribution is 2.23. The molecule has 0 spiro atoms. The molecule has 0 aliphatic carbocycles. The van der Waals surface area contributed by atoms with Crippen molar-refractivity contribution in [1.29, 1.82) is 0 Å². The lowest BCUT2D eigenvalue weighted by atomic mass is 9.92. The third-order valence-corrected chi connectivity index (χ3v) is 3.67. The van der Waals surface area contributed by atoms with Crippen LogP contribution in [0.25, 0.3) is 6.08 Å². The zero-order chi connectivity index (χ0) is 15.1. The average Bonchev–Trinajstić information content (AvgIpc) is 2.53. The first kappa shape index (κ1) is 15.3. The molecule has 1 aliphatic rings. The molecular formula is C16H20N2O3. The van der Waals surface area contributed by atoms with Gasteiger partial charge in [-0.2, -0.15) is 0 Å². The molecule has 1 heterocycles. The van der Waals surface area contributed by atoms with E-state index in [4.69, 9.17) is 5.21 Å². The topological polar surface area (TPSA) is 69.6 Å². The summed E-state index contributed by atoms with van der Waals surface area (Å²) in [6.45, 7) is 0.713. The zero-order valence-corrected chi connectivity index (χ0v) is 11.9. The molecule has 1 aliphatic heterocycles.